The molecule has 27 heavy (non-hydrogen) atoms. The minimum atomic E-state index is 0.182. The molecule has 146 valence electrons. The molecule has 0 spiro atoms. The Morgan fingerprint density at radius 1 is 1.30 bits per heavy atom. The van der Waals surface area contributed by atoms with E-state index in [9.17, 15) is 0 Å². The first-order valence-corrected chi connectivity index (χ1v) is 9.79. The SMILES string of the molecule is CN(C)CCCOc1ccccc1CN1CC[C@@H]2[C@@H](C1)OCc1cnnn12. The zero-order valence-corrected chi connectivity index (χ0v) is 16.3. The van der Waals surface area contributed by atoms with Crippen LogP contribution in [0.2, 0.25) is 0 Å². The van der Waals surface area contributed by atoms with Gasteiger partial charge in [0.15, 0.2) is 0 Å². The zero-order valence-electron chi connectivity index (χ0n) is 16.3. The summed E-state index contributed by atoms with van der Waals surface area (Å²) in [6.45, 7) is 5.23. The highest BCUT2D eigenvalue weighted by atomic mass is 16.5. The zero-order chi connectivity index (χ0) is 18.6. The lowest BCUT2D eigenvalue weighted by Crippen LogP contribution is -2.48. The molecule has 0 aliphatic carbocycles. The van der Waals surface area contributed by atoms with Crippen LogP contribution in [0.3, 0.4) is 0 Å². The van der Waals surface area contributed by atoms with E-state index >= 15 is 0 Å². The largest absolute Gasteiger partial charge is 0.493 e. The Bertz CT molecular complexity index is 747. The van der Waals surface area contributed by atoms with Crippen LogP contribution in [-0.2, 0) is 17.9 Å². The van der Waals surface area contributed by atoms with Crippen LogP contribution in [0.4, 0.5) is 0 Å². The molecule has 2 atom stereocenters. The molecule has 1 aromatic heterocycles. The molecule has 0 amide bonds. The summed E-state index contributed by atoms with van der Waals surface area (Å²) in [7, 11) is 4.18. The third-order valence-electron chi connectivity index (χ3n) is 5.39. The minimum absolute atomic E-state index is 0.182. The van der Waals surface area contributed by atoms with Crippen LogP contribution < -0.4 is 4.74 Å². The number of rotatable bonds is 7. The van der Waals surface area contributed by atoms with Gasteiger partial charge >= 0.3 is 0 Å². The smallest absolute Gasteiger partial charge is 0.123 e. The first-order valence-electron chi connectivity index (χ1n) is 9.79. The van der Waals surface area contributed by atoms with Crippen molar-refractivity contribution in [2.45, 2.75) is 38.1 Å². The van der Waals surface area contributed by atoms with Gasteiger partial charge in [-0.05, 0) is 33.0 Å². The molecule has 2 aliphatic rings. The van der Waals surface area contributed by atoms with Crippen LogP contribution in [0.5, 0.6) is 5.75 Å². The van der Waals surface area contributed by atoms with Gasteiger partial charge in [0.1, 0.15) is 5.75 Å². The number of ether oxygens (including phenoxy) is 2. The van der Waals surface area contributed by atoms with Crippen molar-refractivity contribution in [3.05, 3.63) is 41.7 Å². The van der Waals surface area contributed by atoms with Crippen LogP contribution in [0.15, 0.2) is 30.5 Å². The Morgan fingerprint density at radius 3 is 3.07 bits per heavy atom. The van der Waals surface area contributed by atoms with Gasteiger partial charge in [-0.2, -0.15) is 0 Å². The van der Waals surface area contributed by atoms with Gasteiger partial charge in [0.2, 0.25) is 0 Å². The molecular formula is C20H29N5O2. The summed E-state index contributed by atoms with van der Waals surface area (Å²) in [5.41, 5.74) is 2.33. The Hall–Kier alpha value is -1.96. The number of fused-ring (bicyclic) bond motifs is 3. The number of nitrogens with zero attached hydrogens (tertiary/aromatic N) is 5. The van der Waals surface area contributed by atoms with Crippen LogP contribution in [-0.4, -0.2) is 71.2 Å². The van der Waals surface area contributed by atoms with Crippen molar-refractivity contribution in [3.8, 4) is 5.75 Å². The van der Waals surface area contributed by atoms with Crippen LogP contribution >= 0.6 is 0 Å². The number of hydrogen-bond acceptors (Lipinski definition) is 6. The molecular weight excluding hydrogens is 342 g/mol. The van der Waals surface area contributed by atoms with E-state index in [4.69, 9.17) is 9.47 Å². The molecule has 2 aromatic rings. The molecule has 4 rings (SSSR count). The quantitative estimate of drug-likeness (QED) is 0.694. The Balaban J connectivity index is 1.35. The van der Waals surface area contributed by atoms with Crippen LogP contribution in [0.25, 0.3) is 0 Å². The highest BCUT2D eigenvalue weighted by Gasteiger charge is 2.36. The van der Waals surface area contributed by atoms with Crippen molar-refractivity contribution in [1.82, 2.24) is 24.8 Å². The molecule has 2 aliphatic heterocycles. The maximum absolute atomic E-state index is 6.09. The molecule has 0 bridgehead atoms. The second-order valence-corrected chi connectivity index (χ2v) is 7.72. The summed E-state index contributed by atoms with van der Waals surface area (Å²) < 4.78 is 14.2. The Kier molecular flexibility index (Phi) is 5.71. The maximum atomic E-state index is 6.09. The number of hydrogen-bond donors (Lipinski definition) is 0. The van der Waals surface area contributed by atoms with Gasteiger partial charge in [0.05, 0.1) is 37.3 Å². The van der Waals surface area contributed by atoms with E-state index in [2.05, 4.69) is 57.1 Å². The van der Waals surface area contributed by atoms with Crippen LogP contribution in [0.1, 0.15) is 30.1 Å². The lowest BCUT2D eigenvalue weighted by Gasteiger charge is -2.41. The van der Waals surface area contributed by atoms with Gasteiger partial charge in [-0.25, -0.2) is 4.68 Å². The van der Waals surface area contributed by atoms with Gasteiger partial charge in [-0.15, -0.1) is 5.10 Å². The summed E-state index contributed by atoms with van der Waals surface area (Å²) in [6, 6.07) is 8.70. The Morgan fingerprint density at radius 2 is 2.19 bits per heavy atom. The van der Waals surface area contributed by atoms with Crippen molar-refractivity contribution in [2.75, 3.05) is 40.3 Å². The fourth-order valence-electron chi connectivity index (χ4n) is 3.97. The van der Waals surface area contributed by atoms with E-state index in [1.807, 2.05) is 12.3 Å². The molecule has 1 saturated heterocycles. The minimum Gasteiger partial charge on any atom is -0.493 e. The molecule has 0 unspecified atom stereocenters. The third kappa shape index (κ3) is 4.31. The van der Waals surface area contributed by atoms with Crippen molar-refractivity contribution in [3.63, 3.8) is 0 Å². The second-order valence-electron chi connectivity index (χ2n) is 7.72. The highest BCUT2D eigenvalue weighted by molar-refractivity contribution is 5.33. The molecule has 0 saturated carbocycles. The highest BCUT2D eigenvalue weighted by Crippen LogP contribution is 2.31. The average Bonchev–Trinajstić information content (AvgIpc) is 3.15. The van der Waals surface area contributed by atoms with E-state index in [0.29, 0.717) is 12.6 Å². The fraction of sp³-hybridized carbons (Fsp3) is 0.600. The molecule has 0 N–H and O–H groups in total. The predicted molar refractivity (Wildman–Crippen MR) is 103 cm³/mol. The normalized spacial score (nSPS) is 22.5. The first kappa shape index (κ1) is 18.4. The predicted octanol–water partition coefficient (Wildman–Crippen LogP) is 1.95. The number of para-hydroxylation sites is 1. The lowest BCUT2D eigenvalue weighted by atomic mass is 9.99. The van der Waals surface area contributed by atoms with Gasteiger partial charge in [0.25, 0.3) is 0 Å². The summed E-state index contributed by atoms with van der Waals surface area (Å²) in [6.07, 6.45) is 4.06. The topological polar surface area (TPSA) is 55.6 Å². The van der Waals surface area contributed by atoms with Gasteiger partial charge in [-0.3, -0.25) is 4.90 Å². The van der Waals surface area contributed by atoms with Crippen molar-refractivity contribution >= 4 is 0 Å². The van der Waals surface area contributed by atoms with E-state index in [-0.39, 0.29) is 6.10 Å². The Labute approximate surface area is 160 Å². The molecule has 0 radical (unpaired) electrons. The fourth-order valence-corrected chi connectivity index (χ4v) is 3.97. The molecule has 3 heterocycles. The van der Waals surface area contributed by atoms with Gasteiger partial charge in [-0.1, -0.05) is 23.4 Å². The number of aromatic nitrogens is 3. The lowest BCUT2D eigenvalue weighted by molar-refractivity contribution is -0.0705. The maximum Gasteiger partial charge on any atom is 0.123 e. The summed E-state index contributed by atoms with van der Waals surface area (Å²) in [4.78, 5) is 4.65. The van der Waals surface area contributed by atoms with E-state index < -0.39 is 0 Å². The van der Waals surface area contributed by atoms with E-state index in [1.165, 1.54) is 5.56 Å². The molecule has 1 fully saturated rings. The number of likely N-dealkylation sites (tertiary alicyclic amines) is 1. The average molecular weight is 371 g/mol. The standard InChI is InChI=1S/C20H29N5O2/c1-23(2)9-5-11-26-19-7-4-3-6-16(19)13-24-10-8-18-20(14-24)27-15-17-12-21-22-25(17)18/h3-4,6-7,12,18,20H,5,8-11,13-15H2,1-2H3/t18-,20-/m1/s1. The van der Waals surface area contributed by atoms with Gasteiger partial charge in [0, 0.05) is 31.7 Å². The van der Waals surface area contributed by atoms with Crippen LogP contribution in [0, 0.1) is 0 Å². The van der Waals surface area contributed by atoms with Crippen molar-refractivity contribution in [2.24, 2.45) is 0 Å². The second kappa shape index (κ2) is 8.37. The van der Waals surface area contributed by atoms with E-state index in [1.54, 1.807) is 0 Å². The summed E-state index contributed by atoms with van der Waals surface area (Å²) >= 11 is 0. The van der Waals surface area contributed by atoms with Gasteiger partial charge < -0.3 is 14.4 Å². The summed E-state index contributed by atoms with van der Waals surface area (Å²) in [5, 5.41) is 8.30. The van der Waals surface area contributed by atoms with Crippen molar-refractivity contribution in [1.29, 1.82) is 0 Å². The molecule has 7 nitrogen and oxygen atoms in total. The van der Waals surface area contributed by atoms with E-state index in [0.717, 1.165) is 57.1 Å². The number of piperidine rings is 1. The van der Waals surface area contributed by atoms with Crippen molar-refractivity contribution < 1.29 is 9.47 Å². The molecule has 7 heteroatoms. The third-order valence-corrected chi connectivity index (χ3v) is 5.39. The molecule has 1 aromatic carbocycles. The first-order chi connectivity index (χ1) is 13.2. The summed E-state index contributed by atoms with van der Waals surface area (Å²) in [5.74, 6) is 1.00. The monoisotopic (exact) mass is 371 g/mol. The number of benzene rings is 1.